The number of halogens is 1. The number of hydrogen-bond acceptors (Lipinski definition) is 6. The molecule has 1 aliphatic rings. The molecule has 1 aliphatic heterocycles. The monoisotopic (exact) mass is 420 g/mol. The topological polar surface area (TPSA) is 89.3 Å². The van der Waals surface area contributed by atoms with Crippen LogP contribution in [0, 0.1) is 6.92 Å². The van der Waals surface area contributed by atoms with Crippen LogP contribution in [0.1, 0.15) is 10.6 Å². The van der Waals surface area contributed by atoms with Gasteiger partial charge in [-0.25, -0.2) is 17.3 Å². The van der Waals surface area contributed by atoms with Crippen LogP contribution in [0.2, 0.25) is 0 Å². The van der Waals surface area contributed by atoms with E-state index in [0.29, 0.717) is 15.1 Å². The summed E-state index contributed by atoms with van der Waals surface area (Å²) in [5.74, 6) is -0.0417. The third-order valence-electron chi connectivity index (χ3n) is 2.80. The normalized spacial score (nSPS) is 18.2. The van der Waals surface area contributed by atoms with Crippen LogP contribution in [0.5, 0.6) is 0 Å². The molecule has 3 heterocycles. The number of rotatable bonds is 4. The summed E-state index contributed by atoms with van der Waals surface area (Å²) in [7, 11) is -5.76. The first kappa shape index (κ1) is 15.7. The quantitative estimate of drug-likeness (QED) is 0.819. The smallest absolute Gasteiger partial charge is 0.273 e. The molecule has 2 aromatic rings. The average molecular weight is 421 g/mol. The first-order chi connectivity index (χ1) is 10.4. The van der Waals surface area contributed by atoms with Crippen LogP contribution in [0.15, 0.2) is 42.9 Å². The molecule has 0 saturated carbocycles. The van der Waals surface area contributed by atoms with Crippen LogP contribution in [-0.4, -0.2) is 17.8 Å². The summed E-state index contributed by atoms with van der Waals surface area (Å²) < 4.78 is 44.5. The van der Waals surface area contributed by atoms with E-state index in [1.54, 1.807) is 19.1 Å². The van der Waals surface area contributed by atoms with Crippen molar-refractivity contribution in [3.63, 3.8) is 0 Å². The lowest BCUT2D eigenvalue weighted by Gasteiger charge is -2.07. The van der Waals surface area contributed by atoms with Crippen LogP contribution in [-0.2, 0) is 20.8 Å². The van der Waals surface area contributed by atoms with Gasteiger partial charge in [0.15, 0.2) is 4.24 Å². The molecule has 0 fully saturated rings. The molecule has 0 aromatic carbocycles. The largest absolute Gasteiger partial charge is 0.336 e. The SMILES string of the molecule is Cc1noc(NS(=O)(=O)C2=CC=C(c3cccs3)S2=O)c1Br. The summed E-state index contributed by atoms with van der Waals surface area (Å²) in [5, 5.41) is 5.49. The van der Waals surface area contributed by atoms with Gasteiger partial charge in [0.25, 0.3) is 15.9 Å². The maximum absolute atomic E-state index is 12.4. The zero-order valence-corrected chi connectivity index (χ0v) is 15.1. The van der Waals surface area contributed by atoms with Crippen LogP contribution < -0.4 is 4.72 Å². The van der Waals surface area contributed by atoms with Crippen LogP contribution in [0.3, 0.4) is 0 Å². The van der Waals surface area contributed by atoms with Crippen molar-refractivity contribution in [2.45, 2.75) is 6.92 Å². The number of hydrogen-bond donors (Lipinski definition) is 1. The summed E-state index contributed by atoms with van der Waals surface area (Å²) >= 11 is 4.58. The predicted octanol–water partition coefficient (Wildman–Crippen LogP) is 3.19. The molecule has 1 atom stereocenters. The number of allylic oxidation sites excluding steroid dienone is 2. The van der Waals surface area contributed by atoms with Crippen molar-refractivity contribution in [3.8, 4) is 0 Å². The van der Waals surface area contributed by atoms with E-state index >= 15 is 0 Å². The van der Waals surface area contributed by atoms with E-state index in [0.717, 1.165) is 4.88 Å². The number of nitrogens with one attached hydrogen (secondary N) is 1. The second-order valence-electron chi connectivity index (χ2n) is 4.28. The Morgan fingerprint density at radius 3 is 2.77 bits per heavy atom. The predicted molar refractivity (Wildman–Crippen MR) is 90.0 cm³/mol. The Hall–Kier alpha value is -1.23. The van der Waals surface area contributed by atoms with Gasteiger partial charge in [0.2, 0.25) is 0 Å². The molecule has 6 nitrogen and oxygen atoms in total. The van der Waals surface area contributed by atoms with Crippen molar-refractivity contribution in [2.24, 2.45) is 0 Å². The van der Waals surface area contributed by atoms with Crippen LogP contribution in [0.25, 0.3) is 4.91 Å². The minimum absolute atomic E-state index is 0.0417. The van der Waals surface area contributed by atoms with Crippen molar-refractivity contribution in [1.82, 2.24) is 5.16 Å². The molecule has 0 amide bonds. The highest BCUT2D eigenvalue weighted by Gasteiger charge is 2.32. The lowest BCUT2D eigenvalue weighted by atomic mass is 10.4. The molecule has 0 spiro atoms. The molecule has 1 unspecified atom stereocenters. The fraction of sp³-hybridized carbons (Fsp3) is 0.0833. The number of aryl methyl sites for hydroxylation is 1. The number of anilines is 1. The van der Waals surface area contributed by atoms with Crippen LogP contribution in [0.4, 0.5) is 5.88 Å². The van der Waals surface area contributed by atoms with Crippen molar-refractivity contribution < 1.29 is 17.1 Å². The number of aromatic nitrogens is 1. The Labute approximate surface area is 141 Å². The standard InChI is InChI=1S/C12H9BrN2O4S3/c1-7-11(13)12(19-14-7)15-22(17,18)10-5-4-9(21(10)16)8-3-2-6-20-8/h2-6,15H,1H3. The van der Waals surface area contributed by atoms with Crippen molar-refractivity contribution in [3.05, 3.63) is 48.9 Å². The van der Waals surface area contributed by atoms with Gasteiger partial charge < -0.3 is 4.52 Å². The van der Waals surface area contributed by atoms with Gasteiger partial charge in [0, 0.05) is 4.88 Å². The number of nitrogens with zero attached hydrogens (tertiary/aromatic N) is 1. The zero-order chi connectivity index (χ0) is 15.9. The molecular weight excluding hydrogens is 412 g/mol. The Morgan fingerprint density at radius 1 is 1.41 bits per heavy atom. The maximum Gasteiger partial charge on any atom is 0.273 e. The molecule has 0 radical (unpaired) electrons. The van der Waals surface area contributed by atoms with E-state index < -0.39 is 20.8 Å². The van der Waals surface area contributed by atoms with Gasteiger partial charge in [-0.15, -0.1) is 11.3 Å². The third kappa shape index (κ3) is 2.71. The van der Waals surface area contributed by atoms with E-state index in [2.05, 4.69) is 25.8 Å². The Bertz CT molecular complexity index is 910. The second kappa shape index (κ2) is 5.76. The second-order valence-corrected chi connectivity index (χ2v) is 9.35. The van der Waals surface area contributed by atoms with E-state index in [1.807, 2.05) is 11.4 Å². The van der Waals surface area contributed by atoms with E-state index in [9.17, 15) is 12.6 Å². The number of sulfonamides is 1. The van der Waals surface area contributed by atoms with E-state index in [1.165, 1.54) is 17.4 Å². The lowest BCUT2D eigenvalue weighted by molar-refractivity contribution is 0.430. The molecule has 0 aliphatic carbocycles. The summed E-state index contributed by atoms with van der Waals surface area (Å²) in [6.45, 7) is 1.66. The molecule has 0 saturated heterocycles. The summed E-state index contributed by atoms with van der Waals surface area (Å²) in [6.07, 6.45) is 2.89. The molecule has 3 rings (SSSR count). The third-order valence-corrected chi connectivity index (χ3v) is 8.26. The Kier molecular flexibility index (Phi) is 4.10. The van der Waals surface area contributed by atoms with E-state index in [4.69, 9.17) is 4.52 Å². The summed E-state index contributed by atoms with van der Waals surface area (Å²) in [4.78, 5) is 1.25. The van der Waals surface area contributed by atoms with Crippen molar-refractivity contribution in [2.75, 3.05) is 4.72 Å². The van der Waals surface area contributed by atoms with Gasteiger partial charge in [-0.1, -0.05) is 11.2 Å². The highest BCUT2D eigenvalue weighted by atomic mass is 79.9. The van der Waals surface area contributed by atoms with Crippen molar-refractivity contribution >= 4 is 58.9 Å². The van der Waals surface area contributed by atoms with Gasteiger partial charge in [-0.2, -0.15) is 0 Å². The molecular formula is C12H9BrN2O4S3. The molecule has 116 valence electrons. The average Bonchev–Trinajstić information content (AvgIpc) is 3.16. The van der Waals surface area contributed by atoms with Crippen LogP contribution >= 0.6 is 27.3 Å². The summed E-state index contributed by atoms with van der Waals surface area (Å²) in [5.41, 5.74) is 0.511. The highest BCUT2D eigenvalue weighted by Crippen LogP contribution is 2.35. The Morgan fingerprint density at radius 2 is 2.18 bits per heavy atom. The van der Waals surface area contributed by atoms with Gasteiger partial charge in [0.05, 0.1) is 21.4 Å². The molecule has 0 bridgehead atoms. The molecule has 10 heteroatoms. The minimum atomic E-state index is -4.00. The highest BCUT2D eigenvalue weighted by molar-refractivity contribution is 9.10. The fourth-order valence-electron chi connectivity index (χ4n) is 1.75. The van der Waals surface area contributed by atoms with Gasteiger partial charge >= 0.3 is 0 Å². The molecule has 22 heavy (non-hydrogen) atoms. The Balaban J connectivity index is 1.86. The molecule has 2 aromatic heterocycles. The summed E-state index contributed by atoms with van der Waals surface area (Å²) in [6, 6.07) is 3.61. The lowest BCUT2D eigenvalue weighted by Crippen LogP contribution is -2.16. The first-order valence-electron chi connectivity index (χ1n) is 5.92. The number of thiophene rings is 1. The minimum Gasteiger partial charge on any atom is -0.336 e. The van der Waals surface area contributed by atoms with Gasteiger partial charge in [0.1, 0.15) is 4.47 Å². The fourth-order valence-corrected chi connectivity index (χ4v) is 5.92. The first-order valence-corrected chi connectivity index (χ1v) is 10.2. The van der Waals surface area contributed by atoms with Gasteiger partial charge in [-0.3, -0.25) is 0 Å². The van der Waals surface area contributed by atoms with E-state index in [-0.39, 0.29) is 10.1 Å². The van der Waals surface area contributed by atoms with Gasteiger partial charge in [-0.05, 0) is 46.5 Å². The molecule has 1 N–H and O–H groups in total. The van der Waals surface area contributed by atoms with Crippen molar-refractivity contribution in [1.29, 1.82) is 0 Å². The zero-order valence-electron chi connectivity index (χ0n) is 11.1. The maximum atomic E-state index is 12.4.